The Morgan fingerprint density at radius 1 is 1.29 bits per heavy atom. The molecule has 0 aromatic rings. The fraction of sp³-hybridized carbons (Fsp3) is 0.923. The van der Waals surface area contributed by atoms with E-state index in [9.17, 15) is 9.90 Å². The lowest BCUT2D eigenvalue weighted by Crippen LogP contribution is -2.43. The molecular weight excluding hydrogens is 216 g/mol. The molecule has 4 nitrogen and oxygen atoms in total. The molecule has 1 atom stereocenters. The van der Waals surface area contributed by atoms with Gasteiger partial charge >= 0.3 is 0 Å². The van der Waals surface area contributed by atoms with Gasteiger partial charge < -0.3 is 15.7 Å². The van der Waals surface area contributed by atoms with Gasteiger partial charge in [-0.05, 0) is 26.2 Å². The van der Waals surface area contributed by atoms with Crippen LogP contribution >= 0.6 is 0 Å². The number of amides is 1. The molecule has 1 unspecified atom stereocenters. The molecule has 0 aliphatic rings. The number of aliphatic hydroxyl groups excluding tert-OH is 1. The number of carbonyl (C=O) groups is 1. The first-order chi connectivity index (χ1) is 8.03. The van der Waals surface area contributed by atoms with Crippen LogP contribution in [-0.4, -0.2) is 36.8 Å². The molecule has 102 valence electrons. The monoisotopic (exact) mass is 244 g/mol. The van der Waals surface area contributed by atoms with Gasteiger partial charge in [0.15, 0.2) is 0 Å². The molecule has 0 rings (SSSR count). The molecule has 0 aromatic carbocycles. The molecule has 0 heterocycles. The number of rotatable bonds is 9. The second-order valence-corrected chi connectivity index (χ2v) is 4.85. The van der Waals surface area contributed by atoms with Crippen LogP contribution in [0.25, 0.3) is 0 Å². The highest BCUT2D eigenvalue weighted by Crippen LogP contribution is 2.24. The molecule has 0 saturated carbocycles. The van der Waals surface area contributed by atoms with E-state index in [4.69, 9.17) is 0 Å². The van der Waals surface area contributed by atoms with Crippen LogP contribution in [-0.2, 0) is 4.79 Å². The highest BCUT2D eigenvalue weighted by atomic mass is 16.3. The summed E-state index contributed by atoms with van der Waals surface area (Å²) in [4.78, 5) is 11.5. The van der Waals surface area contributed by atoms with E-state index in [0.717, 1.165) is 19.3 Å². The van der Waals surface area contributed by atoms with E-state index >= 15 is 0 Å². The van der Waals surface area contributed by atoms with Crippen molar-refractivity contribution >= 4 is 5.91 Å². The summed E-state index contributed by atoms with van der Waals surface area (Å²) in [5.41, 5.74) is -0.0867. The molecule has 17 heavy (non-hydrogen) atoms. The Balaban J connectivity index is 3.92. The first kappa shape index (κ1) is 16.4. The van der Waals surface area contributed by atoms with E-state index < -0.39 is 0 Å². The summed E-state index contributed by atoms with van der Waals surface area (Å²) < 4.78 is 0. The molecular formula is C13H28N2O2. The highest BCUT2D eigenvalue weighted by Gasteiger charge is 2.24. The maximum Gasteiger partial charge on any atom is 0.234 e. The van der Waals surface area contributed by atoms with Crippen LogP contribution in [0.3, 0.4) is 0 Å². The van der Waals surface area contributed by atoms with Crippen molar-refractivity contribution < 1.29 is 9.90 Å². The summed E-state index contributed by atoms with van der Waals surface area (Å²) in [6.45, 7) is 9.36. The van der Waals surface area contributed by atoms with Crippen molar-refractivity contribution in [2.24, 2.45) is 5.41 Å². The minimum atomic E-state index is -0.0867. The first-order valence-corrected chi connectivity index (χ1v) is 6.64. The minimum Gasteiger partial charge on any atom is -0.396 e. The maximum atomic E-state index is 11.5. The van der Waals surface area contributed by atoms with Crippen molar-refractivity contribution in [3.05, 3.63) is 0 Å². The summed E-state index contributed by atoms with van der Waals surface area (Å²) in [7, 11) is 0. The van der Waals surface area contributed by atoms with Gasteiger partial charge in [0.25, 0.3) is 0 Å². The minimum absolute atomic E-state index is 0.0263. The van der Waals surface area contributed by atoms with Gasteiger partial charge in [-0.1, -0.05) is 20.8 Å². The molecule has 0 aliphatic carbocycles. The van der Waals surface area contributed by atoms with E-state index in [1.807, 2.05) is 13.8 Å². The molecule has 3 N–H and O–H groups in total. The van der Waals surface area contributed by atoms with E-state index in [1.54, 1.807) is 0 Å². The second-order valence-electron chi connectivity index (χ2n) is 4.85. The second kappa shape index (κ2) is 8.48. The average Bonchev–Trinajstić information content (AvgIpc) is 2.35. The van der Waals surface area contributed by atoms with Gasteiger partial charge in [-0.3, -0.25) is 4.79 Å². The molecule has 0 aromatic heterocycles. The third-order valence-corrected chi connectivity index (χ3v) is 3.64. The van der Waals surface area contributed by atoms with E-state index in [0.29, 0.717) is 13.1 Å². The highest BCUT2D eigenvalue weighted by molar-refractivity contribution is 5.78. The summed E-state index contributed by atoms with van der Waals surface area (Å²) in [6, 6.07) is 0.226. The Bertz CT molecular complexity index is 207. The van der Waals surface area contributed by atoms with Crippen molar-refractivity contribution in [2.45, 2.75) is 53.0 Å². The Kier molecular flexibility index (Phi) is 8.17. The molecule has 4 heteroatoms. The Hall–Kier alpha value is -0.610. The molecule has 0 saturated heterocycles. The summed E-state index contributed by atoms with van der Waals surface area (Å²) in [6.07, 6.45) is 2.77. The largest absolute Gasteiger partial charge is 0.396 e. The van der Waals surface area contributed by atoms with Crippen molar-refractivity contribution in [1.29, 1.82) is 0 Å². The van der Waals surface area contributed by atoms with Crippen LogP contribution in [0, 0.1) is 5.41 Å². The van der Waals surface area contributed by atoms with Crippen molar-refractivity contribution in [1.82, 2.24) is 10.6 Å². The third-order valence-electron chi connectivity index (χ3n) is 3.64. The van der Waals surface area contributed by atoms with Crippen molar-refractivity contribution in [3.63, 3.8) is 0 Å². The number of aliphatic hydroxyl groups is 1. The van der Waals surface area contributed by atoms with Crippen LogP contribution in [0.4, 0.5) is 0 Å². The molecule has 0 aliphatic heterocycles. The maximum absolute atomic E-state index is 11.5. The summed E-state index contributed by atoms with van der Waals surface area (Å²) in [5.74, 6) is 0.0263. The van der Waals surface area contributed by atoms with Crippen molar-refractivity contribution in [2.75, 3.05) is 19.7 Å². The first-order valence-electron chi connectivity index (χ1n) is 6.64. The fourth-order valence-electron chi connectivity index (χ4n) is 1.65. The third kappa shape index (κ3) is 6.03. The van der Waals surface area contributed by atoms with Crippen LogP contribution in [0.1, 0.15) is 47.0 Å². The average molecular weight is 244 g/mol. The van der Waals surface area contributed by atoms with E-state index in [2.05, 4.69) is 24.5 Å². The number of carbonyl (C=O) groups excluding carboxylic acids is 1. The number of hydrogen-bond donors (Lipinski definition) is 3. The predicted molar refractivity (Wildman–Crippen MR) is 70.9 cm³/mol. The quantitative estimate of drug-likeness (QED) is 0.573. The molecule has 0 radical (unpaired) electrons. The van der Waals surface area contributed by atoms with Gasteiger partial charge in [0.2, 0.25) is 5.91 Å². The van der Waals surface area contributed by atoms with Crippen LogP contribution in [0.5, 0.6) is 0 Å². The van der Waals surface area contributed by atoms with Gasteiger partial charge in [0.1, 0.15) is 0 Å². The fourth-order valence-corrected chi connectivity index (χ4v) is 1.65. The van der Waals surface area contributed by atoms with Crippen LogP contribution < -0.4 is 10.6 Å². The SMILES string of the molecule is CCC(C)NC(=O)CNCC(CC)(CC)CO. The summed E-state index contributed by atoms with van der Waals surface area (Å²) >= 11 is 0. The normalized spacial score (nSPS) is 13.5. The van der Waals surface area contributed by atoms with E-state index in [1.165, 1.54) is 0 Å². The lowest BCUT2D eigenvalue weighted by atomic mass is 9.83. The number of hydrogen-bond acceptors (Lipinski definition) is 3. The zero-order valence-corrected chi connectivity index (χ0v) is 11.7. The lowest BCUT2D eigenvalue weighted by molar-refractivity contribution is -0.121. The van der Waals surface area contributed by atoms with Gasteiger partial charge in [-0.2, -0.15) is 0 Å². The Labute approximate surface area is 105 Å². The number of nitrogens with one attached hydrogen (secondary N) is 2. The Morgan fingerprint density at radius 2 is 1.88 bits per heavy atom. The molecule has 0 fully saturated rings. The van der Waals surface area contributed by atoms with Crippen LogP contribution in [0.2, 0.25) is 0 Å². The van der Waals surface area contributed by atoms with E-state index in [-0.39, 0.29) is 24.0 Å². The smallest absolute Gasteiger partial charge is 0.234 e. The van der Waals surface area contributed by atoms with Gasteiger partial charge in [0.05, 0.1) is 6.54 Å². The Morgan fingerprint density at radius 3 is 2.29 bits per heavy atom. The molecule has 0 spiro atoms. The predicted octanol–water partition coefficient (Wildman–Crippen LogP) is 1.29. The molecule has 0 bridgehead atoms. The lowest BCUT2D eigenvalue weighted by Gasteiger charge is -2.29. The zero-order chi connectivity index (χ0) is 13.3. The standard InChI is InChI=1S/C13H28N2O2/c1-5-11(4)15-12(17)8-14-9-13(6-2,7-3)10-16/h11,14,16H,5-10H2,1-4H3,(H,15,17). The van der Waals surface area contributed by atoms with Crippen molar-refractivity contribution in [3.8, 4) is 0 Å². The summed E-state index contributed by atoms with van der Waals surface area (Å²) in [5, 5.41) is 15.4. The van der Waals surface area contributed by atoms with Crippen LogP contribution in [0.15, 0.2) is 0 Å². The van der Waals surface area contributed by atoms with Gasteiger partial charge in [-0.25, -0.2) is 0 Å². The topological polar surface area (TPSA) is 61.4 Å². The van der Waals surface area contributed by atoms with Gasteiger partial charge in [-0.15, -0.1) is 0 Å². The molecule has 1 amide bonds. The van der Waals surface area contributed by atoms with Gasteiger partial charge in [0, 0.05) is 24.6 Å². The zero-order valence-electron chi connectivity index (χ0n) is 11.7.